The summed E-state index contributed by atoms with van der Waals surface area (Å²) in [5.74, 6) is -0.520. The van der Waals surface area contributed by atoms with Crippen molar-refractivity contribution in [2.45, 2.75) is 18.9 Å². The first-order chi connectivity index (χ1) is 13.1. The van der Waals surface area contributed by atoms with E-state index in [0.29, 0.717) is 34.4 Å². The summed E-state index contributed by atoms with van der Waals surface area (Å²) in [6.45, 7) is 0.580. The third-order valence-corrected chi connectivity index (χ3v) is 5.60. The van der Waals surface area contributed by atoms with E-state index >= 15 is 0 Å². The Labute approximate surface area is 164 Å². The molecule has 6 nitrogen and oxygen atoms in total. The fourth-order valence-electron chi connectivity index (χ4n) is 3.05. The number of hydrogen-bond donors (Lipinski definition) is 1. The molecule has 8 heteroatoms. The van der Waals surface area contributed by atoms with Crippen molar-refractivity contribution in [3.8, 4) is 10.6 Å². The van der Waals surface area contributed by atoms with Crippen LogP contribution in [-0.2, 0) is 4.79 Å². The minimum Gasteiger partial charge on any atom is -0.472 e. The van der Waals surface area contributed by atoms with Gasteiger partial charge in [0.25, 0.3) is 5.91 Å². The van der Waals surface area contributed by atoms with E-state index in [2.05, 4.69) is 10.3 Å². The molecule has 1 unspecified atom stereocenters. The first-order valence-electron chi connectivity index (χ1n) is 8.48. The highest BCUT2D eigenvalue weighted by molar-refractivity contribution is 7.13. The number of furan rings is 1. The Bertz CT molecular complexity index is 970. The molecule has 3 heterocycles. The molecular weight excluding hydrogens is 386 g/mol. The number of thiazole rings is 1. The minimum atomic E-state index is -0.596. The third kappa shape index (κ3) is 3.61. The van der Waals surface area contributed by atoms with E-state index in [1.54, 1.807) is 34.9 Å². The highest BCUT2D eigenvalue weighted by Crippen LogP contribution is 2.29. The number of carbonyl (C=O) groups excluding carboxylic acids is 2. The molecule has 138 valence electrons. The van der Waals surface area contributed by atoms with Gasteiger partial charge in [-0.2, -0.15) is 0 Å². The topological polar surface area (TPSA) is 75.4 Å². The predicted molar refractivity (Wildman–Crippen MR) is 104 cm³/mol. The van der Waals surface area contributed by atoms with Gasteiger partial charge in [-0.25, -0.2) is 4.98 Å². The van der Waals surface area contributed by atoms with Crippen LogP contribution in [0.3, 0.4) is 0 Å². The molecular formula is C19H16ClN3O3S. The quantitative estimate of drug-likeness (QED) is 0.717. The smallest absolute Gasteiger partial charge is 0.271 e. The number of halogens is 1. The highest BCUT2D eigenvalue weighted by Gasteiger charge is 2.32. The van der Waals surface area contributed by atoms with Crippen molar-refractivity contribution < 1.29 is 14.0 Å². The maximum atomic E-state index is 12.9. The third-order valence-electron chi connectivity index (χ3n) is 4.39. The standard InChI is InChI=1S/C19H16ClN3O3S/c20-13-4-1-2-6-16(13)23-8-3-5-14(19(23)25)21-17(24)15-11-27-18(22-15)12-7-9-26-10-12/h1-2,4,6-7,9-11,14H,3,5,8H2,(H,21,24). The van der Waals surface area contributed by atoms with Crippen LogP contribution in [0.1, 0.15) is 23.3 Å². The molecule has 3 aromatic rings. The van der Waals surface area contributed by atoms with Crippen molar-refractivity contribution in [1.29, 1.82) is 0 Å². The van der Waals surface area contributed by atoms with E-state index in [0.717, 1.165) is 12.0 Å². The lowest BCUT2D eigenvalue weighted by molar-refractivity contribution is -0.121. The lowest BCUT2D eigenvalue weighted by Gasteiger charge is -2.33. The van der Waals surface area contributed by atoms with Crippen molar-refractivity contribution in [2.24, 2.45) is 0 Å². The largest absolute Gasteiger partial charge is 0.472 e. The molecule has 0 radical (unpaired) electrons. The average Bonchev–Trinajstić information content (AvgIpc) is 3.35. The van der Waals surface area contributed by atoms with Gasteiger partial charge in [0.15, 0.2) is 0 Å². The number of nitrogens with one attached hydrogen (secondary N) is 1. The second kappa shape index (κ2) is 7.54. The number of piperidine rings is 1. The van der Waals surface area contributed by atoms with Gasteiger partial charge in [-0.1, -0.05) is 23.7 Å². The normalized spacial score (nSPS) is 17.1. The number of amides is 2. The van der Waals surface area contributed by atoms with E-state index in [4.69, 9.17) is 16.0 Å². The molecule has 2 amide bonds. The van der Waals surface area contributed by atoms with E-state index in [9.17, 15) is 9.59 Å². The summed E-state index contributed by atoms with van der Waals surface area (Å²) in [4.78, 5) is 31.4. The van der Waals surface area contributed by atoms with Crippen LogP contribution in [0.15, 0.2) is 52.7 Å². The van der Waals surface area contributed by atoms with Gasteiger partial charge >= 0.3 is 0 Å². The van der Waals surface area contributed by atoms with Crippen LogP contribution < -0.4 is 10.2 Å². The zero-order chi connectivity index (χ0) is 18.8. The molecule has 0 aliphatic carbocycles. The van der Waals surface area contributed by atoms with Crippen molar-refractivity contribution >= 4 is 40.4 Å². The van der Waals surface area contributed by atoms with Gasteiger partial charge in [-0.3, -0.25) is 9.59 Å². The van der Waals surface area contributed by atoms with Crippen LogP contribution in [-0.4, -0.2) is 29.4 Å². The number of carbonyl (C=O) groups is 2. The fraction of sp³-hybridized carbons (Fsp3) is 0.211. The molecule has 27 heavy (non-hydrogen) atoms. The zero-order valence-corrected chi connectivity index (χ0v) is 15.8. The Balaban J connectivity index is 1.48. The monoisotopic (exact) mass is 401 g/mol. The van der Waals surface area contributed by atoms with Gasteiger partial charge in [0.2, 0.25) is 5.91 Å². The number of nitrogens with zero attached hydrogens (tertiary/aromatic N) is 2. The van der Waals surface area contributed by atoms with Gasteiger partial charge in [0.05, 0.1) is 17.0 Å². The van der Waals surface area contributed by atoms with E-state index in [1.165, 1.54) is 11.3 Å². The Morgan fingerprint density at radius 1 is 1.33 bits per heavy atom. The molecule has 1 atom stereocenters. The van der Waals surface area contributed by atoms with E-state index in [1.807, 2.05) is 18.2 Å². The Morgan fingerprint density at radius 3 is 2.96 bits per heavy atom. The fourth-order valence-corrected chi connectivity index (χ4v) is 4.07. The van der Waals surface area contributed by atoms with Gasteiger partial charge in [-0.15, -0.1) is 11.3 Å². The average molecular weight is 402 g/mol. The summed E-state index contributed by atoms with van der Waals surface area (Å²) in [6.07, 6.45) is 4.50. The van der Waals surface area contributed by atoms with Crippen molar-refractivity contribution in [1.82, 2.24) is 10.3 Å². The van der Waals surface area contributed by atoms with Gasteiger partial charge in [-0.05, 0) is 31.0 Å². The van der Waals surface area contributed by atoms with E-state index < -0.39 is 6.04 Å². The molecule has 0 saturated carbocycles. The summed E-state index contributed by atoms with van der Waals surface area (Å²) in [5, 5.41) is 5.70. The van der Waals surface area contributed by atoms with Crippen molar-refractivity contribution in [3.05, 3.63) is 59.0 Å². The zero-order valence-electron chi connectivity index (χ0n) is 14.2. The maximum Gasteiger partial charge on any atom is 0.271 e. The first-order valence-corrected chi connectivity index (χ1v) is 9.74. The number of rotatable bonds is 4. The summed E-state index contributed by atoms with van der Waals surface area (Å²) in [5.41, 5.74) is 1.77. The number of aromatic nitrogens is 1. The van der Waals surface area contributed by atoms with Crippen molar-refractivity contribution in [3.63, 3.8) is 0 Å². The molecule has 0 spiro atoms. The van der Waals surface area contributed by atoms with Gasteiger partial charge < -0.3 is 14.6 Å². The van der Waals surface area contributed by atoms with E-state index in [-0.39, 0.29) is 11.8 Å². The maximum absolute atomic E-state index is 12.9. The summed E-state index contributed by atoms with van der Waals surface area (Å²) < 4.78 is 5.04. The molecule has 2 aromatic heterocycles. The molecule has 1 N–H and O–H groups in total. The molecule has 1 fully saturated rings. The van der Waals surface area contributed by atoms with Crippen LogP contribution in [0.4, 0.5) is 5.69 Å². The van der Waals surface area contributed by atoms with Crippen molar-refractivity contribution in [2.75, 3.05) is 11.4 Å². The first kappa shape index (κ1) is 17.8. The molecule has 1 saturated heterocycles. The van der Waals surface area contributed by atoms with Crippen LogP contribution in [0, 0.1) is 0 Å². The molecule has 1 aliphatic rings. The molecule has 4 rings (SSSR count). The number of anilines is 1. The van der Waals surface area contributed by atoms with Gasteiger partial charge in [0, 0.05) is 17.5 Å². The second-order valence-electron chi connectivity index (χ2n) is 6.16. The highest BCUT2D eigenvalue weighted by atomic mass is 35.5. The van der Waals surface area contributed by atoms with Gasteiger partial charge in [0.1, 0.15) is 23.0 Å². The summed E-state index contributed by atoms with van der Waals surface area (Å²) in [6, 6.07) is 8.40. The second-order valence-corrected chi connectivity index (χ2v) is 7.42. The molecule has 1 aliphatic heterocycles. The van der Waals surface area contributed by atoms with Crippen LogP contribution in [0.5, 0.6) is 0 Å². The lowest BCUT2D eigenvalue weighted by Crippen LogP contribution is -2.52. The molecule has 0 bridgehead atoms. The minimum absolute atomic E-state index is 0.159. The summed E-state index contributed by atoms with van der Waals surface area (Å²) in [7, 11) is 0. The molecule has 1 aromatic carbocycles. The Kier molecular flexibility index (Phi) is 4.96. The Morgan fingerprint density at radius 2 is 2.19 bits per heavy atom. The van der Waals surface area contributed by atoms with Crippen LogP contribution in [0.2, 0.25) is 5.02 Å². The Hall–Kier alpha value is -2.64. The number of hydrogen-bond acceptors (Lipinski definition) is 5. The number of para-hydroxylation sites is 1. The lowest BCUT2D eigenvalue weighted by atomic mass is 10.0. The summed E-state index contributed by atoms with van der Waals surface area (Å²) >= 11 is 7.58. The predicted octanol–water partition coefficient (Wildman–Crippen LogP) is 3.98. The SMILES string of the molecule is O=C(NC1CCCN(c2ccccc2Cl)C1=O)c1csc(-c2ccoc2)n1. The van der Waals surface area contributed by atoms with Crippen LogP contribution >= 0.6 is 22.9 Å². The van der Waals surface area contributed by atoms with Crippen LogP contribution in [0.25, 0.3) is 10.6 Å². The number of benzene rings is 1.